The summed E-state index contributed by atoms with van der Waals surface area (Å²) in [6.07, 6.45) is 0. The van der Waals surface area contributed by atoms with Crippen LogP contribution in [0, 0.1) is 0 Å². The van der Waals surface area contributed by atoms with Crippen molar-refractivity contribution in [3.8, 4) is 0 Å². The minimum atomic E-state index is -4.75. The second-order valence-corrected chi connectivity index (χ2v) is 2.61. The number of nitrogens with two attached hydrogens (primary N) is 1. The van der Waals surface area contributed by atoms with Crippen molar-refractivity contribution in [2.75, 3.05) is 6.61 Å². The zero-order valence-electron chi connectivity index (χ0n) is 6.22. The summed E-state index contributed by atoms with van der Waals surface area (Å²) in [5.41, 5.74) is 4.73. The number of carbonyl (C=O) groups is 1. The Hall–Kier alpha value is -0.700. The van der Waals surface area contributed by atoms with E-state index in [1.165, 1.54) is 0 Å². The van der Waals surface area contributed by atoms with Gasteiger partial charge < -0.3 is 10.8 Å². The van der Waals surface area contributed by atoms with Crippen LogP contribution in [0.4, 0.5) is 0 Å². The maximum atomic E-state index is 10.1. The van der Waals surface area contributed by atoms with Crippen LogP contribution < -0.4 is 5.73 Å². The first-order valence-corrected chi connectivity index (χ1v) is 3.66. The van der Waals surface area contributed by atoms with Gasteiger partial charge in [-0.15, -0.1) is 0 Å². The fourth-order valence-corrected chi connectivity index (χ4v) is 0.476. The molecule has 0 saturated carbocycles. The Morgan fingerprint density at radius 2 is 2.27 bits per heavy atom. The first-order chi connectivity index (χ1) is 5.15. The predicted octanol–water partition coefficient (Wildman–Crippen LogP) is -1.78. The summed E-state index contributed by atoms with van der Waals surface area (Å²) < 4.78 is 38.1. The van der Waals surface area contributed by atoms with Crippen molar-refractivity contribution < 1.29 is 28.4 Å². The summed E-state index contributed by atoms with van der Waals surface area (Å²) in [7, 11) is -4.75. The van der Waals surface area contributed by atoms with Crippen molar-refractivity contribution in [2.24, 2.45) is 5.73 Å². The third-order valence-electron chi connectivity index (χ3n) is 0.638. The summed E-state index contributed by atoms with van der Waals surface area (Å²) in [6.45, 7) is -1.15. The van der Waals surface area contributed by atoms with Crippen molar-refractivity contribution >= 4 is 16.4 Å². The Balaban J connectivity index is 4.20. The molecular weight excluding hydrogens is 178 g/mol. The van der Waals surface area contributed by atoms with Gasteiger partial charge in [0, 0.05) is 0 Å². The fourth-order valence-electron chi connectivity index (χ4n) is 0.200. The van der Waals surface area contributed by atoms with Gasteiger partial charge in [-0.25, -0.2) is 4.18 Å². The van der Waals surface area contributed by atoms with Gasteiger partial charge in [0.15, 0.2) is 0 Å². The van der Waals surface area contributed by atoms with Gasteiger partial charge in [0.25, 0.3) is 0 Å². The summed E-state index contributed by atoms with van der Waals surface area (Å²) in [5, 5.41) is 8.17. The molecule has 0 unspecified atom stereocenters. The quantitative estimate of drug-likeness (QED) is 0.443. The largest absolute Gasteiger partial charge is 0.480 e. The number of hydrogen-bond donors (Lipinski definition) is 3. The van der Waals surface area contributed by atoms with Crippen LogP contribution in [0.1, 0.15) is 1.37 Å². The van der Waals surface area contributed by atoms with Gasteiger partial charge in [-0.3, -0.25) is 9.35 Å². The van der Waals surface area contributed by atoms with E-state index in [1.54, 1.807) is 0 Å². The van der Waals surface area contributed by atoms with Crippen LogP contribution in [0.25, 0.3) is 0 Å². The van der Waals surface area contributed by atoms with Crippen LogP contribution in [0.3, 0.4) is 0 Å². The van der Waals surface area contributed by atoms with Crippen molar-refractivity contribution in [3.05, 3.63) is 0 Å². The number of hydrogen-bond acceptors (Lipinski definition) is 5. The summed E-state index contributed by atoms with van der Waals surface area (Å²) in [4.78, 5) is 10.1. The molecule has 0 rings (SSSR count). The highest BCUT2D eigenvalue weighted by molar-refractivity contribution is 7.80. The molecule has 8 heteroatoms. The van der Waals surface area contributed by atoms with E-state index >= 15 is 0 Å². The van der Waals surface area contributed by atoms with Crippen LogP contribution in [0.5, 0.6) is 0 Å². The zero-order chi connectivity index (χ0) is 9.99. The molecular formula is C3H7NO6S. The molecule has 0 saturated heterocycles. The summed E-state index contributed by atoms with van der Waals surface area (Å²) in [5.74, 6) is -1.76. The van der Waals surface area contributed by atoms with E-state index in [0.717, 1.165) is 0 Å². The Labute approximate surface area is 64.1 Å². The smallest absolute Gasteiger partial charge is 0.397 e. The molecule has 0 fully saturated rings. The van der Waals surface area contributed by atoms with E-state index in [0.29, 0.717) is 0 Å². The molecule has 0 aromatic heterocycles. The molecule has 0 bridgehead atoms. The van der Waals surface area contributed by atoms with Gasteiger partial charge in [-0.05, 0) is 0 Å². The number of rotatable bonds is 4. The Morgan fingerprint density at radius 1 is 1.82 bits per heavy atom. The molecule has 0 aromatic carbocycles. The second-order valence-electron chi connectivity index (χ2n) is 1.52. The monoisotopic (exact) mass is 186 g/mol. The van der Waals surface area contributed by atoms with Crippen LogP contribution >= 0.6 is 0 Å². The lowest BCUT2D eigenvalue weighted by Gasteiger charge is -2.03. The average molecular weight is 186 g/mol. The van der Waals surface area contributed by atoms with Gasteiger partial charge in [0.2, 0.25) is 0 Å². The van der Waals surface area contributed by atoms with Crippen molar-refractivity contribution in [2.45, 2.75) is 6.02 Å². The molecule has 0 aliphatic heterocycles. The minimum Gasteiger partial charge on any atom is -0.480 e. The first kappa shape index (κ1) is 8.40. The van der Waals surface area contributed by atoms with E-state index in [-0.39, 0.29) is 0 Å². The number of carboxylic acids is 1. The Morgan fingerprint density at radius 3 is 2.55 bits per heavy atom. The number of aliphatic carboxylic acids is 1. The lowest BCUT2D eigenvalue weighted by atomic mass is 10.3. The van der Waals surface area contributed by atoms with Crippen molar-refractivity contribution in [1.82, 2.24) is 0 Å². The molecule has 1 atom stereocenters. The van der Waals surface area contributed by atoms with E-state index in [1.807, 2.05) is 0 Å². The van der Waals surface area contributed by atoms with Crippen molar-refractivity contribution in [1.29, 1.82) is 0 Å². The zero-order valence-corrected chi connectivity index (χ0v) is 6.04. The third-order valence-corrected chi connectivity index (χ3v) is 1.05. The molecule has 0 heterocycles. The summed E-state index contributed by atoms with van der Waals surface area (Å²) >= 11 is 0. The van der Waals surface area contributed by atoms with E-state index in [2.05, 4.69) is 4.18 Å². The van der Waals surface area contributed by atoms with E-state index in [9.17, 15) is 13.2 Å². The predicted molar refractivity (Wildman–Crippen MR) is 33.1 cm³/mol. The minimum absolute atomic E-state index is 1.15. The highest BCUT2D eigenvalue weighted by Gasteiger charge is 2.15. The molecule has 0 radical (unpaired) electrons. The molecule has 0 spiro atoms. The van der Waals surface area contributed by atoms with Gasteiger partial charge in [0.1, 0.15) is 6.02 Å². The number of carboxylic acid groups (broad SMARTS) is 1. The van der Waals surface area contributed by atoms with E-state index in [4.69, 9.17) is 16.8 Å². The summed E-state index contributed by atoms with van der Waals surface area (Å²) in [6, 6.07) is -2.59. The SMILES string of the molecule is [2H][C@](N)(COS(=O)(=O)O)C(=O)O. The lowest BCUT2D eigenvalue weighted by molar-refractivity contribution is -0.139. The molecule has 0 aliphatic carbocycles. The molecule has 0 aromatic rings. The Bertz CT molecular complexity index is 271. The van der Waals surface area contributed by atoms with Gasteiger partial charge >= 0.3 is 16.4 Å². The van der Waals surface area contributed by atoms with Crippen LogP contribution in [-0.4, -0.2) is 36.7 Å². The van der Waals surface area contributed by atoms with Crippen molar-refractivity contribution in [3.63, 3.8) is 0 Å². The highest BCUT2D eigenvalue weighted by atomic mass is 32.3. The topological polar surface area (TPSA) is 127 Å². The van der Waals surface area contributed by atoms with Crippen LogP contribution in [0.2, 0.25) is 0 Å². The molecule has 7 nitrogen and oxygen atoms in total. The maximum absolute atomic E-state index is 10.1. The molecule has 66 valence electrons. The molecule has 11 heavy (non-hydrogen) atoms. The van der Waals surface area contributed by atoms with Crippen LogP contribution in [0.15, 0.2) is 0 Å². The normalized spacial score (nSPS) is 18.5. The second kappa shape index (κ2) is 3.62. The van der Waals surface area contributed by atoms with Crippen LogP contribution in [-0.2, 0) is 19.4 Å². The third kappa shape index (κ3) is 5.73. The highest BCUT2D eigenvalue weighted by Crippen LogP contribution is 1.88. The lowest BCUT2D eigenvalue weighted by Crippen LogP contribution is -2.35. The van der Waals surface area contributed by atoms with Gasteiger partial charge in [-0.2, -0.15) is 8.42 Å². The Kier molecular flexibility index (Phi) is 2.76. The molecule has 4 N–H and O–H groups in total. The maximum Gasteiger partial charge on any atom is 0.397 e. The van der Waals surface area contributed by atoms with E-state index < -0.39 is 29.0 Å². The fraction of sp³-hybridized carbons (Fsp3) is 0.667. The van der Waals surface area contributed by atoms with Gasteiger partial charge in [0.05, 0.1) is 7.98 Å². The molecule has 0 aliphatic rings. The standard InChI is InChI=1S/C3H7NO6S/c4-2(3(5)6)1-10-11(7,8)9/h2H,1,4H2,(H,5,6)(H,7,8,9)/t2-/m0/s1/i2D. The molecule has 0 amide bonds. The average Bonchev–Trinajstić information content (AvgIpc) is 1.82. The van der Waals surface area contributed by atoms with Gasteiger partial charge in [-0.1, -0.05) is 0 Å². The first-order valence-electron chi connectivity index (χ1n) is 2.79.